The lowest BCUT2D eigenvalue weighted by atomic mass is 10.1. The van der Waals surface area contributed by atoms with Gasteiger partial charge in [0.25, 0.3) is 0 Å². The largest absolute Gasteiger partial charge is 0.393 e. The summed E-state index contributed by atoms with van der Waals surface area (Å²) in [5, 5.41) is 9.82. The predicted octanol–water partition coefficient (Wildman–Crippen LogP) is 1.48. The summed E-state index contributed by atoms with van der Waals surface area (Å²) in [6.07, 6.45) is 6.00. The summed E-state index contributed by atoms with van der Waals surface area (Å²) >= 11 is 0. The van der Waals surface area contributed by atoms with E-state index in [4.69, 9.17) is 0 Å². The second-order valence-electron chi connectivity index (χ2n) is 6.35. The average Bonchev–Trinajstić information content (AvgIpc) is 2.96. The van der Waals surface area contributed by atoms with Crippen molar-refractivity contribution < 1.29 is 9.90 Å². The van der Waals surface area contributed by atoms with Crippen molar-refractivity contribution in [1.82, 2.24) is 9.80 Å². The van der Waals surface area contributed by atoms with Gasteiger partial charge in [-0.05, 0) is 45.6 Å². The lowest BCUT2D eigenvalue weighted by Gasteiger charge is -2.25. The molecule has 0 spiro atoms. The lowest BCUT2D eigenvalue weighted by Crippen LogP contribution is -2.37. The summed E-state index contributed by atoms with van der Waals surface area (Å²) in [7, 11) is 2.06. The second-order valence-corrected chi connectivity index (χ2v) is 6.35. The van der Waals surface area contributed by atoms with Gasteiger partial charge < -0.3 is 14.9 Å². The smallest absolute Gasteiger partial charge is 0.224 e. The van der Waals surface area contributed by atoms with Gasteiger partial charge in [0, 0.05) is 32.1 Å². The van der Waals surface area contributed by atoms with Gasteiger partial charge in [0.1, 0.15) is 0 Å². The highest BCUT2D eigenvalue weighted by molar-refractivity contribution is 5.76. The van der Waals surface area contributed by atoms with Gasteiger partial charge >= 0.3 is 0 Å². The van der Waals surface area contributed by atoms with E-state index < -0.39 is 0 Å². The highest BCUT2D eigenvalue weighted by Crippen LogP contribution is 2.26. The molecule has 0 aromatic heterocycles. The van der Waals surface area contributed by atoms with Crippen LogP contribution in [0.1, 0.15) is 45.4 Å². The van der Waals surface area contributed by atoms with E-state index in [-0.39, 0.29) is 6.10 Å². The van der Waals surface area contributed by atoms with Crippen molar-refractivity contribution in [3.63, 3.8) is 0 Å². The quantitative estimate of drug-likeness (QED) is 0.821. The number of rotatable bonds is 5. The molecule has 0 aromatic carbocycles. The van der Waals surface area contributed by atoms with Crippen LogP contribution in [0, 0.1) is 5.92 Å². The number of hydrogen-bond donors (Lipinski definition) is 1. The number of aliphatic hydroxyl groups is 1. The number of carbonyl (C=O) groups excluding carboxylic acids is 1. The Kier molecular flexibility index (Phi) is 5.22. The molecule has 3 atom stereocenters. The van der Waals surface area contributed by atoms with Crippen molar-refractivity contribution in [3.05, 3.63) is 0 Å². The zero-order valence-corrected chi connectivity index (χ0v) is 12.3. The van der Waals surface area contributed by atoms with E-state index in [9.17, 15) is 9.90 Å². The highest BCUT2D eigenvalue weighted by Gasteiger charge is 2.27. The Morgan fingerprint density at radius 3 is 2.68 bits per heavy atom. The first-order valence-corrected chi connectivity index (χ1v) is 7.74. The van der Waals surface area contributed by atoms with E-state index in [0.29, 0.717) is 24.3 Å². The van der Waals surface area contributed by atoms with E-state index in [1.54, 1.807) is 0 Å². The number of carbonyl (C=O) groups is 1. The Morgan fingerprint density at radius 1 is 1.32 bits per heavy atom. The normalized spacial score (nSPS) is 31.4. The molecule has 1 aliphatic heterocycles. The molecule has 1 aliphatic carbocycles. The van der Waals surface area contributed by atoms with Crippen LogP contribution in [-0.4, -0.2) is 59.6 Å². The Hall–Kier alpha value is -0.610. The Bertz CT molecular complexity index is 309. The monoisotopic (exact) mass is 268 g/mol. The summed E-state index contributed by atoms with van der Waals surface area (Å²) in [6.45, 7) is 4.81. The Balaban J connectivity index is 1.68. The number of aliphatic hydroxyl groups excluding tert-OH is 1. The third-order valence-corrected chi connectivity index (χ3v) is 4.75. The molecule has 2 fully saturated rings. The lowest BCUT2D eigenvalue weighted by molar-refractivity contribution is -0.132. The minimum absolute atomic E-state index is 0.128. The number of likely N-dealkylation sites (tertiary alicyclic amines) is 1. The van der Waals surface area contributed by atoms with E-state index in [2.05, 4.69) is 18.9 Å². The summed E-state index contributed by atoms with van der Waals surface area (Å²) < 4.78 is 0. The van der Waals surface area contributed by atoms with Gasteiger partial charge in [-0.1, -0.05) is 6.42 Å². The molecule has 4 heteroatoms. The maximum atomic E-state index is 12.1. The van der Waals surface area contributed by atoms with E-state index in [1.807, 2.05) is 4.90 Å². The summed E-state index contributed by atoms with van der Waals surface area (Å²) in [6, 6.07) is 0.425. The summed E-state index contributed by atoms with van der Waals surface area (Å²) in [5.41, 5.74) is 0. The van der Waals surface area contributed by atoms with Crippen LogP contribution in [-0.2, 0) is 4.79 Å². The molecule has 0 aromatic rings. The topological polar surface area (TPSA) is 43.8 Å². The molecule has 2 aliphatic rings. The average molecular weight is 268 g/mol. The molecule has 3 unspecified atom stereocenters. The van der Waals surface area contributed by atoms with E-state index in [1.165, 1.54) is 0 Å². The van der Waals surface area contributed by atoms with Crippen molar-refractivity contribution in [3.8, 4) is 0 Å². The molecule has 1 N–H and O–H groups in total. The van der Waals surface area contributed by atoms with Crippen molar-refractivity contribution in [2.24, 2.45) is 5.92 Å². The Morgan fingerprint density at radius 2 is 2.11 bits per heavy atom. The molecule has 2 rings (SSSR count). The summed E-state index contributed by atoms with van der Waals surface area (Å²) in [5.74, 6) is 0.703. The van der Waals surface area contributed by atoms with E-state index in [0.717, 1.165) is 51.7 Å². The molecule has 1 amide bonds. The maximum Gasteiger partial charge on any atom is 0.224 e. The number of amides is 1. The molecule has 0 radical (unpaired) electrons. The highest BCUT2D eigenvalue weighted by atomic mass is 16.3. The van der Waals surface area contributed by atoms with E-state index >= 15 is 0 Å². The minimum Gasteiger partial charge on any atom is -0.393 e. The molecule has 1 saturated carbocycles. The first-order valence-electron chi connectivity index (χ1n) is 7.74. The van der Waals surface area contributed by atoms with Gasteiger partial charge in [0.05, 0.1) is 6.10 Å². The van der Waals surface area contributed by atoms with Crippen LogP contribution in [0.15, 0.2) is 0 Å². The maximum absolute atomic E-state index is 12.1. The van der Waals surface area contributed by atoms with Crippen molar-refractivity contribution in [1.29, 1.82) is 0 Å². The molecule has 110 valence electrons. The van der Waals surface area contributed by atoms with Gasteiger partial charge in [0.2, 0.25) is 5.91 Å². The van der Waals surface area contributed by atoms with Crippen molar-refractivity contribution in [2.75, 3.05) is 26.7 Å². The number of nitrogens with zero attached hydrogens (tertiary/aromatic N) is 2. The van der Waals surface area contributed by atoms with Crippen LogP contribution in [0.4, 0.5) is 0 Å². The Labute approximate surface area is 116 Å². The summed E-state index contributed by atoms with van der Waals surface area (Å²) in [4.78, 5) is 16.3. The molecule has 1 saturated heterocycles. The zero-order valence-electron chi connectivity index (χ0n) is 12.3. The fourth-order valence-corrected chi connectivity index (χ4v) is 3.46. The van der Waals surface area contributed by atoms with Gasteiger partial charge in [-0.25, -0.2) is 0 Å². The van der Waals surface area contributed by atoms with Crippen LogP contribution in [0.3, 0.4) is 0 Å². The van der Waals surface area contributed by atoms with Crippen LogP contribution in [0.25, 0.3) is 0 Å². The molecular formula is C15H28N2O2. The van der Waals surface area contributed by atoms with Crippen LogP contribution in [0.2, 0.25) is 0 Å². The fraction of sp³-hybridized carbons (Fsp3) is 0.933. The number of hydrogen-bond acceptors (Lipinski definition) is 3. The third kappa shape index (κ3) is 3.93. The van der Waals surface area contributed by atoms with Crippen molar-refractivity contribution in [2.45, 2.75) is 57.6 Å². The zero-order chi connectivity index (χ0) is 13.8. The third-order valence-electron chi connectivity index (χ3n) is 4.75. The minimum atomic E-state index is -0.128. The standard InChI is InChI=1S/C15H28N2O2/c1-12-5-4-9-17(12)15(19)8-10-16(2)11-13-6-3-7-14(13)18/h12-14,18H,3-11H2,1-2H3. The van der Waals surface area contributed by atoms with Crippen LogP contribution >= 0.6 is 0 Å². The molecule has 0 bridgehead atoms. The molecule has 4 nitrogen and oxygen atoms in total. The fourth-order valence-electron chi connectivity index (χ4n) is 3.46. The first-order chi connectivity index (χ1) is 9.08. The predicted molar refractivity (Wildman–Crippen MR) is 75.9 cm³/mol. The SMILES string of the molecule is CC1CCCN1C(=O)CCN(C)CC1CCCC1O. The molecular weight excluding hydrogens is 240 g/mol. The van der Waals surface area contributed by atoms with Crippen LogP contribution in [0.5, 0.6) is 0 Å². The first kappa shape index (κ1) is 14.8. The van der Waals surface area contributed by atoms with Crippen LogP contribution < -0.4 is 0 Å². The molecule has 19 heavy (non-hydrogen) atoms. The van der Waals surface area contributed by atoms with Gasteiger partial charge in [0.15, 0.2) is 0 Å². The second kappa shape index (κ2) is 6.71. The van der Waals surface area contributed by atoms with Crippen molar-refractivity contribution >= 4 is 5.91 Å². The molecule has 1 heterocycles. The van der Waals surface area contributed by atoms with Gasteiger partial charge in [-0.3, -0.25) is 4.79 Å². The van der Waals surface area contributed by atoms with Gasteiger partial charge in [-0.15, -0.1) is 0 Å². The van der Waals surface area contributed by atoms with Gasteiger partial charge in [-0.2, -0.15) is 0 Å².